The molecule has 1 aliphatic rings. The Kier molecular flexibility index (Phi) is 5.86. The van der Waals surface area contributed by atoms with E-state index in [9.17, 15) is 13.2 Å². The molecule has 1 unspecified atom stereocenters. The van der Waals surface area contributed by atoms with Crippen molar-refractivity contribution in [2.75, 3.05) is 5.32 Å². The van der Waals surface area contributed by atoms with Gasteiger partial charge in [0.15, 0.2) is 11.5 Å². The smallest absolute Gasteiger partial charge is 0.365 e. The van der Waals surface area contributed by atoms with Gasteiger partial charge in [-0.15, -0.1) is 0 Å². The van der Waals surface area contributed by atoms with Crippen LogP contribution >= 0.6 is 11.6 Å². The highest BCUT2D eigenvalue weighted by Gasteiger charge is 2.30. The second-order valence-electron chi connectivity index (χ2n) is 7.81. The van der Waals surface area contributed by atoms with Crippen LogP contribution in [0.1, 0.15) is 50.2 Å². The molecule has 4 rings (SSSR count). The normalized spacial score (nSPS) is 15.9. The zero-order valence-corrected chi connectivity index (χ0v) is 17.3. The van der Waals surface area contributed by atoms with E-state index in [0.29, 0.717) is 35.5 Å². The summed E-state index contributed by atoms with van der Waals surface area (Å²) in [5.41, 5.74) is 1.24. The summed E-state index contributed by atoms with van der Waals surface area (Å²) in [5.74, 6) is 1.24. The molecular weight excluding hydrogens is 415 g/mol. The molecule has 2 heterocycles. The third-order valence-corrected chi connectivity index (χ3v) is 5.89. The van der Waals surface area contributed by atoms with E-state index in [-0.39, 0.29) is 5.28 Å². The lowest BCUT2D eigenvalue weighted by Gasteiger charge is -2.34. The van der Waals surface area contributed by atoms with Crippen molar-refractivity contribution in [1.82, 2.24) is 19.5 Å². The quantitative estimate of drug-likeness (QED) is 0.465. The van der Waals surface area contributed by atoms with E-state index in [0.717, 1.165) is 30.5 Å². The predicted molar refractivity (Wildman–Crippen MR) is 111 cm³/mol. The molecule has 1 aromatic carbocycles. The Hall–Kier alpha value is -2.35. The van der Waals surface area contributed by atoms with Crippen molar-refractivity contribution in [3.05, 3.63) is 47.0 Å². The Labute approximate surface area is 177 Å². The van der Waals surface area contributed by atoms with Crippen LogP contribution < -0.4 is 5.32 Å². The molecule has 1 aliphatic carbocycles. The van der Waals surface area contributed by atoms with Crippen LogP contribution in [0.15, 0.2) is 30.6 Å². The number of fused-ring (bicyclic) bond motifs is 1. The molecule has 0 saturated heterocycles. The van der Waals surface area contributed by atoms with Crippen molar-refractivity contribution in [2.45, 2.75) is 57.8 Å². The van der Waals surface area contributed by atoms with Gasteiger partial charge in [-0.1, -0.05) is 31.9 Å². The number of imidazole rings is 1. The van der Waals surface area contributed by atoms with E-state index in [4.69, 9.17) is 11.6 Å². The fraction of sp³-hybridized carbons (Fsp3) is 0.476. The Balaban J connectivity index is 1.64. The number of nitrogens with zero attached hydrogens (tertiary/aromatic N) is 4. The van der Waals surface area contributed by atoms with Crippen LogP contribution in [0, 0.1) is 5.92 Å². The minimum atomic E-state index is -4.35. The maximum atomic E-state index is 12.8. The number of aromatic nitrogens is 4. The molecule has 9 heteroatoms. The van der Waals surface area contributed by atoms with Crippen LogP contribution in [-0.4, -0.2) is 25.6 Å². The lowest BCUT2D eigenvalue weighted by Crippen LogP contribution is -2.34. The van der Waals surface area contributed by atoms with E-state index in [1.807, 2.05) is 4.57 Å². The van der Waals surface area contributed by atoms with Crippen LogP contribution in [0.5, 0.6) is 0 Å². The van der Waals surface area contributed by atoms with Gasteiger partial charge in [-0.25, -0.2) is 4.98 Å². The van der Waals surface area contributed by atoms with Crippen molar-refractivity contribution in [3.8, 4) is 0 Å². The van der Waals surface area contributed by atoms with E-state index in [2.05, 4.69) is 27.2 Å². The van der Waals surface area contributed by atoms with Crippen molar-refractivity contribution in [1.29, 1.82) is 0 Å². The second kappa shape index (κ2) is 8.41. The van der Waals surface area contributed by atoms with E-state index in [1.54, 1.807) is 6.33 Å². The van der Waals surface area contributed by atoms with Gasteiger partial charge in [0.2, 0.25) is 5.28 Å². The molecule has 0 amide bonds. The third kappa shape index (κ3) is 4.38. The largest absolute Gasteiger partial charge is 0.416 e. The van der Waals surface area contributed by atoms with E-state index >= 15 is 0 Å². The second-order valence-corrected chi connectivity index (χ2v) is 8.15. The molecule has 1 saturated carbocycles. The SMILES string of the molecule is CCCC(Nc1nc(Cl)nc2ncn(Cc3ccc(C(F)(F)F)cc3)c12)C1CCC1. The summed E-state index contributed by atoms with van der Waals surface area (Å²) in [6, 6.07) is 5.44. The summed E-state index contributed by atoms with van der Waals surface area (Å²) in [5, 5.41) is 3.68. The summed E-state index contributed by atoms with van der Waals surface area (Å²) in [7, 11) is 0. The summed E-state index contributed by atoms with van der Waals surface area (Å²) in [6.07, 6.45) is 3.00. The van der Waals surface area contributed by atoms with Gasteiger partial charge < -0.3 is 9.88 Å². The summed E-state index contributed by atoms with van der Waals surface area (Å²) >= 11 is 6.12. The van der Waals surface area contributed by atoms with Crippen molar-refractivity contribution < 1.29 is 13.2 Å². The lowest BCUT2D eigenvalue weighted by molar-refractivity contribution is -0.137. The van der Waals surface area contributed by atoms with Crippen molar-refractivity contribution >= 4 is 28.6 Å². The molecule has 2 aromatic heterocycles. The highest BCUT2D eigenvalue weighted by Crippen LogP contribution is 2.34. The molecule has 5 nitrogen and oxygen atoms in total. The molecule has 1 fully saturated rings. The van der Waals surface area contributed by atoms with Gasteiger partial charge in [-0.05, 0) is 54.5 Å². The first kappa shape index (κ1) is 20.9. The highest BCUT2D eigenvalue weighted by molar-refractivity contribution is 6.28. The molecule has 160 valence electrons. The summed E-state index contributed by atoms with van der Waals surface area (Å²) in [6.45, 7) is 2.51. The number of benzene rings is 1. The minimum Gasteiger partial charge on any atom is -0.365 e. The number of hydrogen-bond acceptors (Lipinski definition) is 4. The number of nitrogens with one attached hydrogen (secondary N) is 1. The zero-order chi connectivity index (χ0) is 21.3. The molecule has 0 spiro atoms. The first-order chi connectivity index (χ1) is 14.3. The fourth-order valence-electron chi connectivity index (χ4n) is 3.92. The first-order valence-corrected chi connectivity index (χ1v) is 10.5. The summed E-state index contributed by atoms with van der Waals surface area (Å²) < 4.78 is 40.3. The molecule has 1 atom stereocenters. The Bertz CT molecular complexity index is 1010. The van der Waals surface area contributed by atoms with Gasteiger partial charge >= 0.3 is 6.18 Å². The lowest BCUT2D eigenvalue weighted by atomic mass is 9.78. The predicted octanol–water partition coefficient (Wildman–Crippen LogP) is 5.93. The van der Waals surface area contributed by atoms with E-state index < -0.39 is 11.7 Å². The summed E-state index contributed by atoms with van der Waals surface area (Å²) in [4.78, 5) is 13.0. The minimum absolute atomic E-state index is 0.119. The molecule has 3 aromatic rings. The third-order valence-electron chi connectivity index (χ3n) is 5.72. The molecular formula is C21H23ClF3N5. The molecule has 0 bridgehead atoms. The van der Waals surface area contributed by atoms with Gasteiger partial charge in [0, 0.05) is 12.6 Å². The number of anilines is 1. The standard InChI is InChI=1S/C21H23ClF3N5/c1-2-4-16(14-5-3-6-14)27-19-17-18(28-20(22)29-19)26-12-30(17)11-13-7-9-15(10-8-13)21(23,24)25/h7-10,12,14,16H,2-6,11H2,1H3,(H,27,28,29). The number of alkyl halides is 3. The Morgan fingerprint density at radius 3 is 2.53 bits per heavy atom. The van der Waals surface area contributed by atoms with Crippen molar-refractivity contribution in [3.63, 3.8) is 0 Å². The van der Waals surface area contributed by atoms with Crippen LogP contribution in [0.2, 0.25) is 5.28 Å². The average molecular weight is 438 g/mol. The van der Waals surface area contributed by atoms with E-state index in [1.165, 1.54) is 31.4 Å². The van der Waals surface area contributed by atoms with Crippen LogP contribution in [0.3, 0.4) is 0 Å². The fourth-order valence-corrected chi connectivity index (χ4v) is 4.09. The molecule has 0 aliphatic heterocycles. The first-order valence-electron chi connectivity index (χ1n) is 10.2. The number of halogens is 4. The topological polar surface area (TPSA) is 55.6 Å². The Morgan fingerprint density at radius 1 is 1.20 bits per heavy atom. The van der Waals surface area contributed by atoms with Crippen LogP contribution in [-0.2, 0) is 12.7 Å². The van der Waals surface area contributed by atoms with Crippen molar-refractivity contribution in [2.24, 2.45) is 5.92 Å². The maximum Gasteiger partial charge on any atom is 0.416 e. The number of hydrogen-bond donors (Lipinski definition) is 1. The highest BCUT2D eigenvalue weighted by atomic mass is 35.5. The van der Waals surface area contributed by atoms with Gasteiger partial charge in [0.1, 0.15) is 5.52 Å². The van der Waals surface area contributed by atoms with Crippen LogP contribution in [0.25, 0.3) is 11.2 Å². The number of rotatable bonds is 7. The monoisotopic (exact) mass is 437 g/mol. The van der Waals surface area contributed by atoms with Gasteiger partial charge in [-0.2, -0.15) is 23.1 Å². The Morgan fingerprint density at radius 2 is 1.93 bits per heavy atom. The van der Waals surface area contributed by atoms with Crippen LogP contribution in [0.4, 0.5) is 19.0 Å². The maximum absolute atomic E-state index is 12.8. The molecule has 30 heavy (non-hydrogen) atoms. The molecule has 1 N–H and O–H groups in total. The van der Waals surface area contributed by atoms with Gasteiger partial charge in [-0.3, -0.25) is 0 Å². The zero-order valence-electron chi connectivity index (χ0n) is 16.6. The van der Waals surface area contributed by atoms with Gasteiger partial charge in [0.05, 0.1) is 11.9 Å². The molecule has 0 radical (unpaired) electrons. The van der Waals surface area contributed by atoms with Gasteiger partial charge in [0.25, 0.3) is 0 Å². The average Bonchev–Trinajstić information content (AvgIpc) is 3.03.